The summed E-state index contributed by atoms with van der Waals surface area (Å²) in [6.07, 6.45) is 4.22. The Labute approximate surface area is 112 Å². The zero-order valence-electron chi connectivity index (χ0n) is 11.2. The Bertz CT molecular complexity index is 535. The third-order valence-corrected chi connectivity index (χ3v) is 4.75. The summed E-state index contributed by atoms with van der Waals surface area (Å²) >= 11 is 0. The molecule has 6 nitrogen and oxygen atoms in total. The molecule has 1 N–H and O–H groups in total. The molecule has 19 heavy (non-hydrogen) atoms. The lowest BCUT2D eigenvalue weighted by molar-refractivity contribution is -0.119. The molecule has 6 heteroatoms. The fourth-order valence-corrected chi connectivity index (χ4v) is 3.45. The van der Waals surface area contributed by atoms with Crippen LogP contribution >= 0.6 is 0 Å². The number of hydrogen-bond acceptors (Lipinski definition) is 4. The quantitative estimate of drug-likeness (QED) is 0.837. The molecular formula is C13H19N5O. The summed E-state index contributed by atoms with van der Waals surface area (Å²) in [6.45, 7) is 2.71. The van der Waals surface area contributed by atoms with Gasteiger partial charge < -0.3 is 14.8 Å². The van der Waals surface area contributed by atoms with Crippen molar-refractivity contribution in [2.24, 2.45) is 12.5 Å². The summed E-state index contributed by atoms with van der Waals surface area (Å²) in [6, 6.07) is 0. The molecule has 0 bridgehead atoms. The van der Waals surface area contributed by atoms with Gasteiger partial charge in [0.15, 0.2) is 0 Å². The van der Waals surface area contributed by atoms with Crippen molar-refractivity contribution in [3.05, 3.63) is 5.82 Å². The lowest BCUT2D eigenvalue weighted by Gasteiger charge is -2.22. The van der Waals surface area contributed by atoms with E-state index in [0.29, 0.717) is 12.3 Å². The Balaban J connectivity index is 1.56. The van der Waals surface area contributed by atoms with Crippen molar-refractivity contribution in [3.63, 3.8) is 0 Å². The fourth-order valence-electron chi connectivity index (χ4n) is 3.45. The normalized spacial score (nSPS) is 30.4. The Kier molecular flexibility index (Phi) is 2.20. The van der Waals surface area contributed by atoms with E-state index in [2.05, 4.69) is 32.0 Å². The molecule has 1 amide bonds. The van der Waals surface area contributed by atoms with Crippen LogP contribution in [0.25, 0.3) is 0 Å². The second kappa shape index (κ2) is 3.71. The summed E-state index contributed by atoms with van der Waals surface area (Å²) in [5.74, 6) is 2.91. The average Bonchev–Trinajstić information content (AvgIpc) is 2.88. The van der Waals surface area contributed by atoms with Gasteiger partial charge in [0, 0.05) is 44.4 Å². The minimum Gasteiger partial charge on any atom is -0.355 e. The first-order valence-electron chi connectivity index (χ1n) is 7.08. The highest BCUT2D eigenvalue weighted by molar-refractivity contribution is 5.79. The van der Waals surface area contributed by atoms with Crippen LogP contribution in [-0.2, 0) is 11.8 Å². The van der Waals surface area contributed by atoms with E-state index >= 15 is 0 Å². The number of anilines is 1. The van der Waals surface area contributed by atoms with Gasteiger partial charge in [-0.2, -0.15) is 0 Å². The van der Waals surface area contributed by atoms with Gasteiger partial charge in [-0.1, -0.05) is 0 Å². The molecule has 4 rings (SSSR count). The monoisotopic (exact) mass is 261 g/mol. The van der Waals surface area contributed by atoms with Crippen molar-refractivity contribution < 1.29 is 4.79 Å². The Morgan fingerprint density at radius 3 is 2.89 bits per heavy atom. The molecule has 0 aromatic carbocycles. The van der Waals surface area contributed by atoms with Crippen LogP contribution in [0.1, 0.15) is 37.4 Å². The van der Waals surface area contributed by atoms with E-state index in [0.717, 1.165) is 37.8 Å². The number of rotatable bonds is 2. The maximum Gasteiger partial charge on any atom is 0.226 e. The van der Waals surface area contributed by atoms with Crippen molar-refractivity contribution in [2.75, 3.05) is 24.5 Å². The van der Waals surface area contributed by atoms with Gasteiger partial charge in [0.2, 0.25) is 11.9 Å². The lowest BCUT2D eigenvalue weighted by atomic mass is 9.86. The molecule has 0 radical (unpaired) electrons. The molecule has 3 fully saturated rings. The molecular weight excluding hydrogens is 242 g/mol. The van der Waals surface area contributed by atoms with Gasteiger partial charge in [0.1, 0.15) is 5.82 Å². The highest BCUT2D eigenvalue weighted by Gasteiger charge is 2.45. The predicted octanol–water partition coefficient (Wildman–Crippen LogP) is 0.409. The first kappa shape index (κ1) is 11.3. The number of nitrogens with one attached hydrogen (secondary N) is 1. The molecule has 3 heterocycles. The minimum atomic E-state index is 0.128. The maximum atomic E-state index is 11.5. The fraction of sp³-hybridized carbons (Fsp3) is 0.769. The molecule has 1 spiro atoms. The molecule has 1 aliphatic carbocycles. The van der Waals surface area contributed by atoms with Crippen LogP contribution in [0.15, 0.2) is 0 Å². The van der Waals surface area contributed by atoms with Crippen LogP contribution in [0.5, 0.6) is 0 Å². The molecule has 1 atom stereocenters. The van der Waals surface area contributed by atoms with E-state index in [-0.39, 0.29) is 11.3 Å². The Morgan fingerprint density at radius 2 is 2.21 bits per heavy atom. The van der Waals surface area contributed by atoms with Gasteiger partial charge in [-0.05, 0) is 19.3 Å². The van der Waals surface area contributed by atoms with Gasteiger partial charge in [-0.25, -0.2) is 0 Å². The number of carbonyl (C=O) groups is 1. The second-order valence-electron chi connectivity index (χ2n) is 6.32. The molecule has 102 valence electrons. The van der Waals surface area contributed by atoms with Crippen molar-refractivity contribution in [1.29, 1.82) is 0 Å². The van der Waals surface area contributed by atoms with Gasteiger partial charge in [0.25, 0.3) is 0 Å². The molecule has 3 aliphatic rings. The van der Waals surface area contributed by atoms with E-state index in [1.807, 2.05) is 0 Å². The van der Waals surface area contributed by atoms with Crippen molar-refractivity contribution in [1.82, 2.24) is 20.1 Å². The molecule has 1 unspecified atom stereocenters. The number of carbonyl (C=O) groups excluding carboxylic acids is 1. The van der Waals surface area contributed by atoms with Crippen LogP contribution < -0.4 is 10.2 Å². The van der Waals surface area contributed by atoms with Crippen LogP contribution in [0.3, 0.4) is 0 Å². The molecule has 2 saturated heterocycles. The van der Waals surface area contributed by atoms with E-state index in [9.17, 15) is 4.79 Å². The number of aromatic nitrogens is 3. The van der Waals surface area contributed by atoms with Gasteiger partial charge >= 0.3 is 0 Å². The predicted molar refractivity (Wildman–Crippen MR) is 69.9 cm³/mol. The van der Waals surface area contributed by atoms with Gasteiger partial charge in [-0.15, -0.1) is 10.2 Å². The average molecular weight is 261 g/mol. The second-order valence-corrected chi connectivity index (χ2v) is 6.32. The summed E-state index contributed by atoms with van der Waals surface area (Å²) < 4.78 is 2.14. The van der Waals surface area contributed by atoms with Crippen LogP contribution in [-0.4, -0.2) is 40.3 Å². The summed E-state index contributed by atoms with van der Waals surface area (Å²) in [5.41, 5.74) is 0.128. The third kappa shape index (κ3) is 1.73. The maximum absolute atomic E-state index is 11.5. The lowest BCUT2D eigenvalue weighted by Crippen LogP contribution is -2.30. The van der Waals surface area contributed by atoms with Crippen molar-refractivity contribution in [2.45, 2.75) is 31.6 Å². The van der Waals surface area contributed by atoms with Gasteiger partial charge in [-0.3, -0.25) is 4.79 Å². The minimum absolute atomic E-state index is 0.128. The smallest absolute Gasteiger partial charge is 0.226 e. The van der Waals surface area contributed by atoms with Crippen molar-refractivity contribution in [3.8, 4) is 0 Å². The topological polar surface area (TPSA) is 63.1 Å². The van der Waals surface area contributed by atoms with Crippen LogP contribution in [0, 0.1) is 5.41 Å². The van der Waals surface area contributed by atoms with E-state index in [1.54, 1.807) is 0 Å². The summed E-state index contributed by atoms with van der Waals surface area (Å²) in [5, 5.41) is 11.7. The SMILES string of the molecule is Cn1c(C2CC2)nnc1N1CCC2(CNC(=O)C2)C1. The number of amides is 1. The first-order valence-corrected chi connectivity index (χ1v) is 7.08. The summed E-state index contributed by atoms with van der Waals surface area (Å²) in [7, 11) is 2.06. The molecule has 1 aromatic rings. The van der Waals surface area contributed by atoms with Crippen molar-refractivity contribution >= 4 is 11.9 Å². The zero-order valence-corrected chi connectivity index (χ0v) is 11.2. The Hall–Kier alpha value is -1.59. The van der Waals surface area contributed by atoms with E-state index in [1.165, 1.54) is 12.8 Å². The van der Waals surface area contributed by atoms with E-state index in [4.69, 9.17) is 0 Å². The standard InChI is InChI=1S/C13H19N5O/c1-17-11(9-2-3-9)15-16-12(17)18-5-4-13(8-18)6-10(19)14-7-13/h9H,2-8H2,1H3,(H,14,19). The largest absolute Gasteiger partial charge is 0.355 e. The highest BCUT2D eigenvalue weighted by atomic mass is 16.1. The Morgan fingerprint density at radius 1 is 1.37 bits per heavy atom. The first-order chi connectivity index (χ1) is 9.17. The number of nitrogens with zero attached hydrogens (tertiary/aromatic N) is 4. The third-order valence-electron chi connectivity index (χ3n) is 4.75. The van der Waals surface area contributed by atoms with Gasteiger partial charge in [0.05, 0.1) is 0 Å². The zero-order chi connectivity index (χ0) is 13.0. The van der Waals surface area contributed by atoms with Crippen LogP contribution in [0.4, 0.5) is 5.95 Å². The summed E-state index contributed by atoms with van der Waals surface area (Å²) in [4.78, 5) is 13.7. The molecule has 2 aliphatic heterocycles. The highest BCUT2D eigenvalue weighted by Crippen LogP contribution is 2.41. The molecule has 1 saturated carbocycles. The number of hydrogen-bond donors (Lipinski definition) is 1. The molecule has 1 aromatic heterocycles. The van der Waals surface area contributed by atoms with E-state index < -0.39 is 0 Å². The van der Waals surface area contributed by atoms with Crippen LogP contribution in [0.2, 0.25) is 0 Å².